The summed E-state index contributed by atoms with van der Waals surface area (Å²) in [5.41, 5.74) is 2.23. The monoisotopic (exact) mass is 260 g/mol. The molecule has 1 amide bonds. The molecule has 1 aliphatic rings. The van der Waals surface area contributed by atoms with Crippen LogP contribution in [0.3, 0.4) is 0 Å². The molecule has 0 aliphatic carbocycles. The molecule has 1 aromatic rings. The summed E-state index contributed by atoms with van der Waals surface area (Å²) in [5.74, 6) is 0.704. The number of hydrogen-bond acceptors (Lipinski definition) is 2. The van der Waals surface area contributed by atoms with E-state index in [1.165, 1.54) is 5.56 Å². The van der Waals surface area contributed by atoms with Crippen molar-refractivity contribution in [1.82, 2.24) is 5.32 Å². The van der Waals surface area contributed by atoms with Gasteiger partial charge in [0.1, 0.15) is 0 Å². The van der Waals surface area contributed by atoms with E-state index in [2.05, 4.69) is 23.6 Å². The largest absolute Gasteiger partial charge is 0.326 e. The van der Waals surface area contributed by atoms with Gasteiger partial charge in [0.2, 0.25) is 5.91 Å². The zero-order valence-corrected chi connectivity index (χ0v) is 11.7. The molecule has 0 aromatic heterocycles. The van der Waals surface area contributed by atoms with Gasteiger partial charge in [-0.1, -0.05) is 31.5 Å². The highest BCUT2D eigenvalue weighted by atomic mass is 16.1. The molecule has 3 heteroatoms. The van der Waals surface area contributed by atoms with Gasteiger partial charge in [0, 0.05) is 12.1 Å². The smallest absolute Gasteiger partial charge is 0.224 e. The molecule has 1 aromatic carbocycles. The molecular weight excluding hydrogens is 236 g/mol. The first-order valence-corrected chi connectivity index (χ1v) is 7.38. The van der Waals surface area contributed by atoms with Gasteiger partial charge < -0.3 is 10.6 Å². The normalized spacial score (nSPS) is 16.3. The average molecular weight is 260 g/mol. The number of nitrogens with one attached hydrogen (secondary N) is 2. The number of carbonyl (C=O) groups excluding carboxylic acids is 1. The summed E-state index contributed by atoms with van der Waals surface area (Å²) in [6.07, 6.45) is 5.00. The summed E-state index contributed by atoms with van der Waals surface area (Å²) in [5, 5.41) is 6.42. The van der Waals surface area contributed by atoms with Crippen LogP contribution in [0.15, 0.2) is 24.3 Å². The minimum absolute atomic E-state index is 0.162. The summed E-state index contributed by atoms with van der Waals surface area (Å²) in [7, 11) is 0. The van der Waals surface area contributed by atoms with Gasteiger partial charge >= 0.3 is 0 Å². The van der Waals surface area contributed by atoms with Crippen LogP contribution in [0, 0.1) is 5.92 Å². The van der Waals surface area contributed by atoms with Crippen LogP contribution in [0.1, 0.15) is 38.2 Å². The van der Waals surface area contributed by atoms with Gasteiger partial charge in [-0.3, -0.25) is 4.79 Å². The summed E-state index contributed by atoms with van der Waals surface area (Å²) in [4.78, 5) is 12.1. The van der Waals surface area contributed by atoms with E-state index in [-0.39, 0.29) is 5.91 Å². The second kappa shape index (κ2) is 7.29. The predicted molar refractivity (Wildman–Crippen MR) is 79.3 cm³/mol. The Hall–Kier alpha value is -1.35. The highest BCUT2D eigenvalue weighted by Crippen LogP contribution is 2.20. The van der Waals surface area contributed by atoms with Crippen LogP contribution in [-0.4, -0.2) is 19.0 Å². The molecule has 2 rings (SSSR count). The van der Waals surface area contributed by atoms with Crippen molar-refractivity contribution in [2.24, 2.45) is 5.92 Å². The fourth-order valence-electron chi connectivity index (χ4n) is 2.68. The van der Waals surface area contributed by atoms with Crippen LogP contribution in [0.5, 0.6) is 0 Å². The number of para-hydroxylation sites is 1. The lowest BCUT2D eigenvalue weighted by atomic mass is 9.94. The van der Waals surface area contributed by atoms with E-state index in [0.717, 1.165) is 44.5 Å². The highest BCUT2D eigenvalue weighted by Gasteiger charge is 2.17. The number of rotatable bonds is 5. The molecule has 1 aliphatic heterocycles. The molecule has 0 atom stereocenters. The molecule has 1 saturated heterocycles. The van der Waals surface area contributed by atoms with Crippen LogP contribution >= 0.6 is 0 Å². The van der Waals surface area contributed by atoms with Crippen molar-refractivity contribution in [3.63, 3.8) is 0 Å². The van der Waals surface area contributed by atoms with E-state index in [1.54, 1.807) is 0 Å². The Morgan fingerprint density at radius 2 is 2.05 bits per heavy atom. The van der Waals surface area contributed by atoms with Gasteiger partial charge in [-0.05, 0) is 49.9 Å². The maximum Gasteiger partial charge on any atom is 0.224 e. The topological polar surface area (TPSA) is 41.1 Å². The standard InChI is InChI=1S/C16H24N2O/c1-2-5-14-6-3-4-7-15(14)18-16(19)12-13-8-10-17-11-9-13/h3-4,6-7,13,17H,2,5,8-12H2,1H3,(H,18,19). The minimum atomic E-state index is 0.162. The van der Waals surface area contributed by atoms with Crippen molar-refractivity contribution in [3.05, 3.63) is 29.8 Å². The Morgan fingerprint density at radius 1 is 1.32 bits per heavy atom. The number of aryl methyl sites for hydroxylation is 1. The highest BCUT2D eigenvalue weighted by molar-refractivity contribution is 5.91. The van der Waals surface area contributed by atoms with Crippen molar-refractivity contribution >= 4 is 11.6 Å². The Morgan fingerprint density at radius 3 is 2.79 bits per heavy atom. The molecular formula is C16H24N2O. The van der Waals surface area contributed by atoms with Gasteiger partial charge in [0.25, 0.3) is 0 Å². The minimum Gasteiger partial charge on any atom is -0.326 e. The molecule has 0 spiro atoms. The molecule has 0 unspecified atom stereocenters. The van der Waals surface area contributed by atoms with Crippen LogP contribution < -0.4 is 10.6 Å². The third-order valence-electron chi connectivity index (χ3n) is 3.74. The van der Waals surface area contributed by atoms with Crippen molar-refractivity contribution in [2.75, 3.05) is 18.4 Å². The van der Waals surface area contributed by atoms with Crippen molar-refractivity contribution in [3.8, 4) is 0 Å². The van der Waals surface area contributed by atoms with E-state index in [1.807, 2.05) is 18.2 Å². The molecule has 0 radical (unpaired) electrons. The molecule has 1 heterocycles. The number of benzene rings is 1. The third-order valence-corrected chi connectivity index (χ3v) is 3.74. The summed E-state index contributed by atoms with van der Waals surface area (Å²) < 4.78 is 0. The van der Waals surface area contributed by atoms with E-state index >= 15 is 0 Å². The quantitative estimate of drug-likeness (QED) is 0.854. The second-order valence-electron chi connectivity index (χ2n) is 5.35. The number of hydrogen-bond donors (Lipinski definition) is 2. The lowest BCUT2D eigenvalue weighted by Gasteiger charge is -2.22. The Labute approximate surface area is 115 Å². The molecule has 0 saturated carbocycles. The summed E-state index contributed by atoms with van der Waals surface area (Å²) in [6.45, 7) is 4.25. The second-order valence-corrected chi connectivity index (χ2v) is 5.35. The lowest BCUT2D eigenvalue weighted by molar-refractivity contribution is -0.117. The Bertz CT molecular complexity index is 411. The number of anilines is 1. The maximum atomic E-state index is 12.1. The summed E-state index contributed by atoms with van der Waals surface area (Å²) >= 11 is 0. The lowest BCUT2D eigenvalue weighted by Crippen LogP contribution is -2.30. The van der Waals surface area contributed by atoms with E-state index in [9.17, 15) is 4.79 Å². The fourth-order valence-corrected chi connectivity index (χ4v) is 2.68. The van der Waals surface area contributed by atoms with Crippen LogP contribution in [0.4, 0.5) is 5.69 Å². The van der Waals surface area contributed by atoms with Crippen molar-refractivity contribution in [2.45, 2.75) is 39.0 Å². The van der Waals surface area contributed by atoms with Crippen molar-refractivity contribution in [1.29, 1.82) is 0 Å². The zero-order chi connectivity index (χ0) is 13.5. The van der Waals surface area contributed by atoms with E-state index < -0.39 is 0 Å². The zero-order valence-electron chi connectivity index (χ0n) is 11.7. The predicted octanol–water partition coefficient (Wildman–Crippen LogP) is 2.97. The van der Waals surface area contributed by atoms with Crippen LogP contribution in [-0.2, 0) is 11.2 Å². The molecule has 3 nitrogen and oxygen atoms in total. The number of piperidine rings is 1. The third kappa shape index (κ3) is 4.35. The number of amides is 1. The first kappa shape index (κ1) is 14.1. The van der Waals surface area contributed by atoms with Crippen molar-refractivity contribution < 1.29 is 4.79 Å². The fraction of sp³-hybridized carbons (Fsp3) is 0.562. The Kier molecular flexibility index (Phi) is 5.40. The van der Waals surface area contributed by atoms with Gasteiger partial charge in [0.15, 0.2) is 0 Å². The number of carbonyl (C=O) groups is 1. The average Bonchev–Trinajstić information content (AvgIpc) is 2.42. The van der Waals surface area contributed by atoms with Gasteiger partial charge in [-0.2, -0.15) is 0 Å². The Balaban J connectivity index is 1.90. The molecule has 2 N–H and O–H groups in total. The van der Waals surface area contributed by atoms with E-state index in [0.29, 0.717) is 12.3 Å². The van der Waals surface area contributed by atoms with Gasteiger partial charge in [0.05, 0.1) is 0 Å². The van der Waals surface area contributed by atoms with Gasteiger partial charge in [-0.15, -0.1) is 0 Å². The molecule has 1 fully saturated rings. The first-order valence-electron chi connectivity index (χ1n) is 7.38. The maximum absolute atomic E-state index is 12.1. The van der Waals surface area contributed by atoms with E-state index in [4.69, 9.17) is 0 Å². The van der Waals surface area contributed by atoms with Gasteiger partial charge in [-0.25, -0.2) is 0 Å². The van der Waals surface area contributed by atoms with Crippen LogP contribution in [0.2, 0.25) is 0 Å². The first-order chi connectivity index (χ1) is 9.29. The van der Waals surface area contributed by atoms with Crippen LogP contribution in [0.25, 0.3) is 0 Å². The molecule has 104 valence electrons. The molecule has 0 bridgehead atoms. The SMILES string of the molecule is CCCc1ccccc1NC(=O)CC1CCNCC1. The summed E-state index contributed by atoms with van der Waals surface area (Å²) in [6, 6.07) is 8.13. The molecule has 19 heavy (non-hydrogen) atoms.